The summed E-state index contributed by atoms with van der Waals surface area (Å²) in [7, 11) is 0. The molecule has 28 heavy (non-hydrogen) atoms. The molecule has 2 atom stereocenters. The molecule has 0 bridgehead atoms. The number of carbonyl (C=O) groups is 3. The summed E-state index contributed by atoms with van der Waals surface area (Å²) in [5.74, 6) is -2.06. The van der Waals surface area contributed by atoms with E-state index in [9.17, 15) is 14.4 Å². The lowest BCUT2D eigenvalue weighted by Crippen LogP contribution is -2.33. The quantitative estimate of drug-likeness (QED) is 0.504. The average Bonchev–Trinajstić information content (AvgIpc) is 2.76. The number of likely N-dealkylation sites (N-methyl/N-ethyl adjacent to an activating group) is 1. The van der Waals surface area contributed by atoms with Gasteiger partial charge in [-0.1, -0.05) is 32.1 Å². The summed E-state index contributed by atoms with van der Waals surface area (Å²) in [5.41, 5.74) is 6.73. The molecule has 2 unspecified atom stereocenters. The van der Waals surface area contributed by atoms with E-state index in [-0.39, 0.29) is 24.1 Å². The third kappa shape index (κ3) is 4.03. The zero-order chi connectivity index (χ0) is 21.0. The third-order valence-electron chi connectivity index (χ3n) is 4.78. The number of fused-ring (bicyclic) bond motifs is 1. The number of primary amides is 1. The molecule has 1 amide bonds. The van der Waals surface area contributed by atoms with Gasteiger partial charge < -0.3 is 20.1 Å². The van der Waals surface area contributed by atoms with Crippen LogP contribution in [0.15, 0.2) is 46.9 Å². The fourth-order valence-corrected chi connectivity index (χ4v) is 3.49. The molecule has 0 aromatic heterocycles. The summed E-state index contributed by atoms with van der Waals surface area (Å²) >= 11 is 0. The molecule has 7 nitrogen and oxygen atoms in total. The highest BCUT2D eigenvalue weighted by molar-refractivity contribution is 6.43. The number of ketones is 1. The number of amides is 1. The molecule has 2 rings (SSSR count). The Morgan fingerprint density at radius 3 is 2.43 bits per heavy atom. The topological polar surface area (TPSA) is 98.9 Å². The molecular formula is C21H28N2O5. The van der Waals surface area contributed by atoms with E-state index in [2.05, 4.69) is 0 Å². The summed E-state index contributed by atoms with van der Waals surface area (Å²) in [5, 5.41) is 0. The first-order valence-electron chi connectivity index (χ1n) is 9.48. The first-order valence-corrected chi connectivity index (χ1v) is 9.48. The number of hydrogen-bond acceptors (Lipinski definition) is 6. The number of carbonyl (C=O) groups excluding carboxylic acids is 3. The predicted molar refractivity (Wildman–Crippen MR) is 105 cm³/mol. The lowest BCUT2D eigenvalue weighted by atomic mass is 9.96. The Morgan fingerprint density at radius 2 is 1.89 bits per heavy atom. The Balaban J connectivity index is 2.60. The fourth-order valence-electron chi connectivity index (χ4n) is 3.49. The number of nitrogens with zero attached hydrogens (tertiary/aromatic N) is 1. The molecule has 0 fully saturated rings. The number of allylic oxidation sites excluding steroid dienone is 4. The van der Waals surface area contributed by atoms with Crippen LogP contribution < -0.4 is 5.73 Å². The zero-order valence-corrected chi connectivity index (χ0v) is 17.0. The van der Waals surface area contributed by atoms with Crippen LogP contribution in [-0.2, 0) is 23.9 Å². The van der Waals surface area contributed by atoms with Gasteiger partial charge >= 0.3 is 5.97 Å². The summed E-state index contributed by atoms with van der Waals surface area (Å²) in [6, 6.07) is -0.289. The second-order valence-corrected chi connectivity index (χ2v) is 6.94. The minimum atomic E-state index is -1.03. The number of hydrogen-bond donors (Lipinski definition) is 1. The highest BCUT2D eigenvalue weighted by Gasteiger charge is 2.40. The first kappa shape index (κ1) is 21.5. The molecule has 0 aromatic carbocycles. The van der Waals surface area contributed by atoms with Crippen LogP contribution in [0.25, 0.3) is 0 Å². The van der Waals surface area contributed by atoms with Crippen molar-refractivity contribution in [3.05, 3.63) is 46.9 Å². The number of Topliss-reactive ketones (excluding diaryl/α,β-unsaturated/α-hetero) is 1. The van der Waals surface area contributed by atoms with E-state index in [0.717, 1.165) is 0 Å². The maximum atomic E-state index is 12.6. The van der Waals surface area contributed by atoms with E-state index in [4.69, 9.17) is 15.2 Å². The van der Waals surface area contributed by atoms with Gasteiger partial charge in [0.25, 0.3) is 11.7 Å². The third-order valence-corrected chi connectivity index (χ3v) is 4.78. The summed E-state index contributed by atoms with van der Waals surface area (Å²) < 4.78 is 11.2. The lowest BCUT2D eigenvalue weighted by Gasteiger charge is -2.27. The van der Waals surface area contributed by atoms with Crippen molar-refractivity contribution in [3.8, 4) is 0 Å². The molecule has 0 radical (unpaired) electrons. The molecule has 0 spiro atoms. The molecule has 7 heteroatoms. The van der Waals surface area contributed by atoms with Gasteiger partial charge in [0.1, 0.15) is 5.76 Å². The maximum absolute atomic E-state index is 12.6. The van der Waals surface area contributed by atoms with Crippen molar-refractivity contribution < 1.29 is 23.9 Å². The van der Waals surface area contributed by atoms with Crippen molar-refractivity contribution in [1.29, 1.82) is 0 Å². The molecule has 152 valence electrons. The summed E-state index contributed by atoms with van der Waals surface area (Å²) in [6.07, 6.45) is 6.40. The lowest BCUT2D eigenvalue weighted by molar-refractivity contribution is -0.156. The maximum Gasteiger partial charge on any atom is 0.347 e. The van der Waals surface area contributed by atoms with Gasteiger partial charge in [0.2, 0.25) is 0 Å². The van der Waals surface area contributed by atoms with Crippen molar-refractivity contribution in [3.63, 3.8) is 0 Å². The van der Waals surface area contributed by atoms with Crippen molar-refractivity contribution >= 4 is 17.7 Å². The van der Waals surface area contributed by atoms with E-state index in [1.807, 2.05) is 37.8 Å². The fraction of sp³-hybridized carbons (Fsp3) is 0.476. The Bertz CT molecular complexity index is 789. The smallest absolute Gasteiger partial charge is 0.347 e. The van der Waals surface area contributed by atoms with Crippen LogP contribution >= 0.6 is 0 Å². The second kappa shape index (κ2) is 8.91. The van der Waals surface area contributed by atoms with Crippen LogP contribution in [0.5, 0.6) is 0 Å². The van der Waals surface area contributed by atoms with Gasteiger partial charge in [-0.2, -0.15) is 0 Å². The molecule has 0 saturated heterocycles. The molecule has 0 saturated carbocycles. The molecule has 1 aliphatic carbocycles. The highest BCUT2D eigenvalue weighted by Crippen LogP contribution is 2.39. The van der Waals surface area contributed by atoms with Gasteiger partial charge in [0.15, 0.2) is 6.10 Å². The van der Waals surface area contributed by atoms with Crippen molar-refractivity contribution in [2.24, 2.45) is 11.7 Å². The highest BCUT2D eigenvalue weighted by atomic mass is 16.6. The van der Waals surface area contributed by atoms with Gasteiger partial charge in [-0.3, -0.25) is 9.59 Å². The number of nitrogens with two attached hydrogens (primary N) is 1. The summed E-state index contributed by atoms with van der Waals surface area (Å²) in [4.78, 5) is 38.6. The van der Waals surface area contributed by atoms with Crippen LogP contribution in [0.4, 0.5) is 0 Å². The number of ether oxygens (including phenoxy) is 2. The van der Waals surface area contributed by atoms with E-state index in [1.54, 1.807) is 26.0 Å². The van der Waals surface area contributed by atoms with E-state index in [0.29, 0.717) is 23.6 Å². The average molecular weight is 388 g/mol. The molecule has 1 aliphatic heterocycles. The summed E-state index contributed by atoms with van der Waals surface area (Å²) in [6.45, 7) is 10.0. The van der Waals surface area contributed by atoms with Crippen LogP contribution in [0.3, 0.4) is 0 Å². The van der Waals surface area contributed by atoms with Gasteiger partial charge in [-0.05, 0) is 26.8 Å². The van der Waals surface area contributed by atoms with Crippen molar-refractivity contribution in [2.75, 3.05) is 13.2 Å². The molecular weight excluding hydrogens is 360 g/mol. The monoisotopic (exact) mass is 388 g/mol. The Labute approximate surface area is 165 Å². The standard InChI is InChI=1S/C21H28N2O5/c1-6-23-13(5)16(18(24)20(22)25)17-14(23)10-8-9-11-15(17)28-19(12(3)4)21(26)27-7-2/h8-12,14,19H,6-7H2,1-5H3,(H2,22,25). The van der Waals surface area contributed by atoms with E-state index in [1.165, 1.54) is 0 Å². The van der Waals surface area contributed by atoms with Gasteiger partial charge in [0, 0.05) is 23.7 Å². The largest absolute Gasteiger partial charge is 0.478 e. The minimum absolute atomic E-state index is 0.153. The van der Waals surface area contributed by atoms with Crippen LogP contribution in [0, 0.1) is 5.92 Å². The first-order chi connectivity index (χ1) is 13.2. The van der Waals surface area contributed by atoms with Crippen LogP contribution in [0.1, 0.15) is 34.6 Å². The SMILES string of the molecule is CCOC(=O)C(OC1=C2C(C(=O)C(N)=O)=C(C)N(CC)C2C=CC=C1)C(C)C. The van der Waals surface area contributed by atoms with E-state index >= 15 is 0 Å². The molecule has 2 N–H and O–H groups in total. The van der Waals surface area contributed by atoms with Crippen LogP contribution in [0.2, 0.25) is 0 Å². The van der Waals surface area contributed by atoms with Crippen molar-refractivity contribution in [1.82, 2.24) is 4.90 Å². The second-order valence-electron chi connectivity index (χ2n) is 6.94. The van der Waals surface area contributed by atoms with Gasteiger partial charge in [-0.25, -0.2) is 4.79 Å². The Hall–Kier alpha value is -2.83. The van der Waals surface area contributed by atoms with Crippen LogP contribution in [-0.4, -0.2) is 47.9 Å². The molecule has 2 aliphatic rings. The number of esters is 1. The normalized spacial score (nSPS) is 19.6. The Morgan fingerprint density at radius 1 is 1.21 bits per heavy atom. The van der Waals surface area contributed by atoms with Gasteiger partial charge in [-0.15, -0.1) is 0 Å². The molecule has 0 aromatic rings. The van der Waals surface area contributed by atoms with Gasteiger partial charge in [0.05, 0.1) is 18.2 Å². The Kier molecular flexibility index (Phi) is 6.83. The number of rotatable bonds is 8. The predicted octanol–water partition coefficient (Wildman–Crippen LogP) is 2.00. The molecule has 1 heterocycles. The minimum Gasteiger partial charge on any atom is -0.478 e. The van der Waals surface area contributed by atoms with E-state index < -0.39 is 23.8 Å². The van der Waals surface area contributed by atoms with Crippen molar-refractivity contribution in [2.45, 2.75) is 46.8 Å². The zero-order valence-electron chi connectivity index (χ0n) is 17.0.